The number of ether oxygens (including phenoxy) is 2. The van der Waals surface area contributed by atoms with Crippen LogP contribution in [0, 0.1) is 0 Å². The van der Waals surface area contributed by atoms with Gasteiger partial charge in [0.2, 0.25) is 23.6 Å². The lowest BCUT2D eigenvalue weighted by molar-refractivity contribution is -0.152. The third kappa shape index (κ3) is 9.58. The van der Waals surface area contributed by atoms with E-state index in [-0.39, 0.29) is 42.0 Å². The van der Waals surface area contributed by atoms with E-state index in [4.69, 9.17) is 9.47 Å². The molecule has 170 valence electrons. The number of carbonyl (C=O) groups excluding carboxylic acids is 4. The maximum Gasteiger partial charge on any atom is 0.230 e. The highest BCUT2D eigenvalue weighted by atomic mass is 79.9. The summed E-state index contributed by atoms with van der Waals surface area (Å²) in [6, 6.07) is 7.29. The zero-order chi connectivity index (χ0) is 22.5. The average Bonchev–Trinajstić information content (AvgIpc) is 2.76. The van der Waals surface area contributed by atoms with Crippen LogP contribution in [0.5, 0.6) is 0 Å². The number of aryl methyl sites for hydroxylation is 1. The molecule has 0 unspecified atom stereocenters. The smallest absolute Gasteiger partial charge is 0.230 e. The molecule has 1 fully saturated rings. The predicted octanol–water partition coefficient (Wildman–Crippen LogP) is 1.25. The Kier molecular flexibility index (Phi) is 11.2. The molecule has 0 aliphatic carbocycles. The number of alkyl halides is 1. The van der Waals surface area contributed by atoms with Crippen molar-refractivity contribution in [2.24, 2.45) is 0 Å². The van der Waals surface area contributed by atoms with Gasteiger partial charge in [-0.25, -0.2) is 0 Å². The number of β-lactam (4-membered cyclic amide) rings is 1. The van der Waals surface area contributed by atoms with Crippen LogP contribution in [0.2, 0.25) is 0 Å². The molecule has 2 N–H and O–H groups in total. The molecule has 1 aromatic carbocycles. The van der Waals surface area contributed by atoms with Crippen molar-refractivity contribution in [1.82, 2.24) is 10.2 Å². The normalized spacial score (nSPS) is 12.9. The van der Waals surface area contributed by atoms with Gasteiger partial charge in [0, 0.05) is 31.6 Å². The highest BCUT2D eigenvalue weighted by molar-refractivity contribution is 9.09. The Balaban J connectivity index is 1.51. The molecule has 1 aliphatic rings. The summed E-state index contributed by atoms with van der Waals surface area (Å²) < 4.78 is 10.7. The summed E-state index contributed by atoms with van der Waals surface area (Å²) in [6.07, 6.45) is 1.53. The number of anilines is 1. The van der Waals surface area contributed by atoms with E-state index in [2.05, 4.69) is 26.6 Å². The van der Waals surface area contributed by atoms with Crippen LogP contribution >= 0.6 is 15.9 Å². The lowest BCUT2D eigenvalue weighted by atomic mass is 10.1. The topological polar surface area (TPSA) is 114 Å². The number of carbonyl (C=O) groups is 4. The van der Waals surface area contributed by atoms with E-state index >= 15 is 0 Å². The molecule has 1 aromatic rings. The molecule has 0 bridgehead atoms. The Morgan fingerprint density at radius 2 is 1.68 bits per heavy atom. The number of halogens is 1. The highest BCUT2D eigenvalue weighted by Gasteiger charge is 2.29. The fourth-order valence-corrected chi connectivity index (χ4v) is 2.94. The number of rotatable bonds is 14. The summed E-state index contributed by atoms with van der Waals surface area (Å²) in [7, 11) is 0. The van der Waals surface area contributed by atoms with Gasteiger partial charge >= 0.3 is 0 Å². The van der Waals surface area contributed by atoms with Crippen molar-refractivity contribution in [3.05, 3.63) is 29.8 Å². The van der Waals surface area contributed by atoms with E-state index in [1.54, 1.807) is 12.1 Å². The van der Waals surface area contributed by atoms with Crippen LogP contribution in [0.25, 0.3) is 0 Å². The second-order valence-corrected chi connectivity index (χ2v) is 7.45. The summed E-state index contributed by atoms with van der Waals surface area (Å²) >= 11 is 3.05. The van der Waals surface area contributed by atoms with Crippen LogP contribution < -0.4 is 10.6 Å². The zero-order valence-corrected chi connectivity index (χ0v) is 18.9. The molecule has 0 spiro atoms. The summed E-state index contributed by atoms with van der Waals surface area (Å²) in [5, 5.41) is 5.73. The second-order valence-electron chi connectivity index (χ2n) is 6.89. The molecule has 1 aliphatic heterocycles. The summed E-state index contributed by atoms with van der Waals surface area (Å²) in [5.41, 5.74) is 1.64. The standard InChI is InChI=1S/C21H28BrN3O6/c22-15-19(27)23-9-12-31-14-13-30-11-8-18(26)24-17-4-1-16(2-5-17)3-6-20(28)25-10-7-21(25)29/h1-2,4-5H,3,6-15H2,(H,23,27)(H,24,26). The Labute approximate surface area is 189 Å². The molecule has 9 nitrogen and oxygen atoms in total. The number of likely N-dealkylation sites (tertiary alicyclic amines) is 1. The van der Waals surface area contributed by atoms with E-state index in [0.29, 0.717) is 57.9 Å². The van der Waals surface area contributed by atoms with E-state index < -0.39 is 0 Å². The SMILES string of the molecule is O=C(CBr)NCCOCCOCCC(=O)Nc1ccc(CCC(=O)N2CCC2=O)cc1. The lowest BCUT2D eigenvalue weighted by Crippen LogP contribution is -2.47. The minimum Gasteiger partial charge on any atom is -0.379 e. The maximum atomic E-state index is 12.0. The first-order chi connectivity index (χ1) is 15.0. The van der Waals surface area contributed by atoms with Gasteiger partial charge in [-0.3, -0.25) is 24.1 Å². The molecule has 1 saturated heterocycles. The molecule has 4 amide bonds. The van der Waals surface area contributed by atoms with Crippen LogP contribution in [0.1, 0.15) is 24.8 Å². The number of hydrogen-bond acceptors (Lipinski definition) is 6. The molecule has 0 radical (unpaired) electrons. The molecule has 0 atom stereocenters. The van der Waals surface area contributed by atoms with Gasteiger partial charge in [0.25, 0.3) is 0 Å². The number of benzene rings is 1. The van der Waals surface area contributed by atoms with Crippen molar-refractivity contribution >= 4 is 45.2 Å². The van der Waals surface area contributed by atoms with Gasteiger partial charge in [0.15, 0.2) is 0 Å². The molecule has 31 heavy (non-hydrogen) atoms. The van der Waals surface area contributed by atoms with Gasteiger partial charge in [0.05, 0.1) is 38.2 Å². The minimum absolute atomic E-state index is 0.0876. The van der Waals surface area contributed by atoms with Crippen LogP contribution in [0.3, 0.4) is 0 Å². The summed E-state index contributed by atoms with van der Waals surface area (Å²) in [6.45, 7) is 2.42. The van der Waals surface area contributed by atoms with Gasteiger partial charge in [-0.2, -0.15) is 0 Å². The monoisotopic (exact) mass is 497 g/mol. The van der Waals surface area contributed by atoms with Gasteiger partial charge in [-0.05, 0) is 24.1 Å². The van der Waals surface area contributed by atoms with Crippen molar-refractivity contribution < 1.29 is 28.7 Å². The number of hydrogen-bond donors (Lipinski definition) is 2. The fourth-order valence-electron chi connectivity index (χ4n) is 2.74. The molecular weight excluding hydrogens is 470 g/mol. The van der Waals surface area contributed by atoms with Crippen LogP contribution in [-0.2, 0) is 35.1 Å². The van der Waals surface area contributed by atoms with Crippen molar-refractivity contribution in [1.29, 1.82) is 0 Å². The Bertz CT molecular complexity index is 756. The zero-order valence-electron chi connectivity index (χ0n) is 17.4. The number of amides is 4. The van der Waals surface area contributed by atoms with E-state index in [9.17, 15) is 19.2 Å². The number of nitrogens with zero attached hydrogens (tertiary/aromatic N) is 1. The molecule has 1 heterocycles. The quantitative estimate of drug-likeness (QED) is 0.227. The summed E-state index contributed by atoms with van der Waals surface area (Å²) in [5.74, 6) is -0.482. The van der Waals surface area contributed by atoms with E-state index in [1.807, 2.05) is 12.1 Å². The lowest BCUT2D eigenvalue weighted by Gasteiger charge is -2.28. The Morgan fingerprint density at radius 3 is 2.29 bits per heavy atom. The van der Waals surface area contributed by atoms with E-state index in [0.717, 1.165) is 5.56 Å². The molecule has 10 heteroatoms. The first-order valence-electron chi connectivity index (χ1n) is 10.2. The second kappa shape index (κ2) is 13.9. The summed E-state index contributed by atoms with van der Waals surface area (Å²) in [4.78, 5) is 47.4. The number of nitrogens with one attached hydrogen (secondary N) is 2. The minimum atomic E-state index is -0.155. The van der Waals surface area contributed by atoms with Crippen LogP contribution in [0.15, 0.2) is 24.3 Å². The van der Waals surface area contributed by atoms with E-state index in [1.165, 1.54) is 4.90 Å². The third-order valence-corrected chi connectivity index (χ3v) is 5.06. The number of imide groups is 1. The van der Waals surface area contributed by atoms with Crippen molar-refractivity contribution in [2.75, 3.05) is 50.2 Å². The highest BCUT2D eigenvalue weighted by Crippen LogP contribution is 2.14. The molecule has 2 rings (SSSR count). The van der Waals surface area contributed by atoms with Gasteiger partial charge < -0.3 is 20.1 Å². The largest absolute Gasteiger partial charge is 0.379 e. The van der Waals surface area contributed by atoms with Crippen molar-refractivity contribution in [2.45, 2.75) is 25.7 Å². The molecule has 0 aromatic heterocycles. The third-order valence-electron chi connectivity index (χ3n) is 4.55. The Morgan fingerprint density at radius 1 is 0.968 bits per heavy atom. The Hall–Kier alpha value is -2.30. The fraction of sp³-hybridized carbons (Fsp3) is 0.524. The molecule has 0 saturated carbocycles. The van der Waals surface area contributed by atoms with Crippen molar-refractivity contribution in [3.8, 4) is 0 Å². The first kappa shape index (κ1) is 25.0. The maximum absolute atomic E-state index is 12.0. The van der Waals surface area contributed by atoms with Gasteiger partial charge in [0.1, 0.15) is 0 Å². The van der Waals surface area contributed by atoms with Crippen LogP contribution in [0.4, 0.5) is 5.69 Å². The molecular formula is C21H28BrN3O6. The van der Waals surface area contributed by atoms with Crippen LogP contribution in [-0.4, -0.2) is 73.4 Å². The predicted molar refractivity (Wildman–Crippen MR) is 118 cm³/mol. The first-order valence-corrected chi connectivity index (χ1v) is 11.3. The van der Waals surface area contributed by atoms with Crippen molar-refractivity contribution in [3.63, 3.8) is 0 Å². The average molecular weight is 498 g/mol. The van der Waals surface area contributed by atoms with Gasteiger partial charge in [-0.15, -0.1) is 0 Å². The van der Waals surface area contributed by atoms with Gasteiger partial charge in [-0.1, -0.05) is 28.1 Å².